The van der Waals surface area contributed by atoms with E-state index in [1.807, 2.05) is 0 Å². The lowest BCUT2D eigenvalue weighted by Gasteiger charge is -2.14. The van der Waals surface area contributed by atoms with Crippen molar-refractivity contribution in [3.8, 4) is 0 Å². The third kappa shape index (κ3) is 2.65. The Morgan fingerprint density at radius 3 is 2.85 bits per heavy atom. The van der Waals surface area contributed by atoms with Crippen molar-refractivity contribution in [2.45, 2.75) is 51.5 Å². The second-order valence-electron chi connectivity index (χ2n) is 6.73. The average Bonchev–Trinajstić information content (AvgIpc) is 2.97. The molecular formula is C17H22N2S. The standard InChI is InChI=1S/C17H22N2S/c1-17(2,3)15-10-20-16(19-15)9-11-4-6-13-12(8-11)5-7-14(13)18/h4,6,8,10,14H,5,7,9,18H2,1-3H3. The first-order valence-electron chi connectivity index (χ1n) is 7.25. The molecule has 1 aliphatic rings. The van der Waals surface area contributed by atoms with Gasteiger partial charge in [-0.2, -0.15) is 0 Å². The molecular weight excluding hydrogens is 264 g/mol. The fourth-order valence-electron chi connectivity index (χ4n) is 2.72. The zero-order chi connectivity index (χ0) is 14.3. The quantitative estimate of drug-likeness (QED) is 0.907. The number of nitrogens with zero attached hydrogens (tertiary/aromatic N) is 1. The van der Waals surface area contributed by atoms with Gasteiger partial charge in [0, 0.05) is 23.3 Å². The molecule has 0 spiro atoms. The topological polar surface area (TPSA) is 38.9 Å². The molecule has 106 valence electrons. The lowest BCUT2D eigenvalue weighted by molar-refractivity contribution is 0.571. The van der Waals surface area contributed by atoms with Crippen molar-refractivity contribution in [3.63, 3.8) is 0 Å². The molecule has 1 atom stereocenters. The molecule has 2 N–H and O–H groups in total. The van der Waals surface area contributed by atoms with Crippen LogP contribution in [0.25, 0.3) is 0 Å². The molecule has 0 saturated carbocycles. The number of aromatic nitrogens is 1. The summed E-state index contributed by atoms with van der Waals surface area (Å²) in [5.41, 5.74) is 11.5. The summed E-state index contributed by atoms with van der Waals surface area (Å²) in [4.78, 5) is 4.78. The molecule has 1 unspecified atom stereocenters. The monoisotopic (exact) mass is 286 g/mol. The van der Waals surface area contributed by atoms with E-state index < -0.39 is 0 Å². The van der Waals surface area contributed by atoms with Crippen molar-refractivity contribution in [2.75, 3.05) is 0 Å². The maximum atomic E-state index is 6.09. The van der Waals surface area contributed by atoms with E-state index in [9.17, 15) is 0 Å². The molecule has 0 fully saturated rings. The summed E-state index contributed by atoms with van der Waals surface area (Å²) in [6.07, 6.45) is 3.14. The van der Waals surface area contributed by atoms with Crippen molar-refractivity contribution in [3.05, 3.63) is 51.0 Å². The number of hydrogen-bond acceptors (Lipinski definition) is 3. The predicted octanol–water partition coefficient (Wildman–Crippen LogP) is 3.98. The Balaban J connectivity index is 1.80. The van der Waals surface area contributed by atoms with Gasteiger partial charge < -0.3 is 5.73 Å². The number of fused-ring (bicyclic) bond motifs is 1. The van der Waals surface area contributed by atoms with Gasteiger partial charge in [-0.15, -0.1) is 11.3 Å². The van der Waals surface area contributed by atoms with Crippen LogP contribution in [0.3, 0.4) is 0 Å². The molecule has 1 aliphatic carbocycles. The molecule has 20 heavy (non-hydrogen) atoms. The Morgan fingerprint density at radius 2 is 2.15 bits per heavy atom. The van der Waals surface area contributed by atoms with Gasteiger partial charge in [0.2, 0.25) is 0 Å². The van der Waals surface area contributed by atoms with Gasteiger partial charge in [0.25, 0.3) is 0 Å². The number of hydrogen-bond donors (Lipinski definition) is 1. The molecule has 3 rings (SSSR count). The van der Waals surface area contributed by atoms with Crippen LogP contribution >= 0.6 is 11.3 Å². The molecule has 3 heteroatoms. The largest absolute Gasteiger partial charge is 0.324 e. The highest BCUT2D eigenvalue weighted by Crippen LogP contribution is 2.31. The molecule has 0 aliphatic heterocycles. The van der Waals surface area contributed by atoms with Gasteiger partial charge in [0.15, 0.2) is 0 Å². The van der Waals surface area contributed by atoms with Crippen LogP contribution in [0.15, 0.2) is 23.6 Å². The fourth-order valence-corrected chi connectivity index (χ4v) is 3.78. The highest BCUT2D eigenvalue weighted by molar-refractivity contribution is 7.09. The Bertz CT molecular complexity index is 622. The number of thiazole rings is 1. The molecule has 0 radical (unpaired) electrons. The smallest absolute Gasteiger partial charge is 0.0972 e. The number of rotatable bonds is 2. The van der Waals surface area contributed by atoms with Crippen LogP contribution < -0.4 is 5.73 Å². The van der Waals surface area contributed by atoms with Crippen molar-refractivity contribution in [2.24, 2.45) is 5.73 Å². The Morgan fingerprint density at radius 1 is 1.35 bits per heavy atom. The summed E-state index contributed by atoms with van der Waals surface area (Å²) in [5.74, 6) is 0. The average molecular weight is 286 g/mol. The van der Waals surface area contributed by atoms with E-state index in [2.05, 4.69) is 44.4 Å². The lowest BCUT2D eigenvalue weighted by atomic mass is 9.93. The van der Waals surface area contributed by atoms with Crippen molar-refractivity contribution in [1.82, 2.24) is 4.98 Å². The van der Waals surface area contributed by atoms with Crippen molar-refractivity contribution >= 4 is 11.3 Å². The molecule has 0 bridgehead atoms. The normalized spacial score (nSPS) is 18.3. The number of benzene rings is 1. The second-order valence-corrected chi connectivity index (χ2v) is 7.67. The van der Waals surface area contributed by atoms with Gasteiger partial charge in [-0.05, 0) is 29.5 Å². The van der Waals surface area contributed by atoms with Crippen LogP contribution in [0.2, 0.25) is 0 Å². The minimum Gasteiger partial charge on any atom is -0.324 e. The van der Waals surface area contributed by atoms with E-state index in [4.69, 9.17) is 10.7 Å². The van der Waals surface area contributed by atoms with Gasteiger partial charge in [-0.25, -0.2) is 4.98 Å². The van der Waals surface area contributed by atoms with E-state index in [1.54, 1.807) is 11.3 Å². The Kier molecular flexibility index (Phi) is 3.43. The summed E-state index contributed by atoms with van der Waals surface area (Å²) >= 11 is 1.77. The summed E-state index contributed by atoms with van der Waals surface area (Å²) in [6, 6.07) is 6.98. The van der Waals surface area contributed by atoms with Crippen LogP contribution in [0, 0.1) is 0 Å². The zero-order valence-corrected chi connectivity index (χ0v) is 13.3. The zero-order valence-electron chi connectivity index (χ0n) is 12.4. The fraction of sp³-hybridized carbons (Fsp3) is 0.471. The van der Waals surface area contributed by atoms with Gasteiger partial charge in [0.1, 0.15) is 0 Å². The van der Waals surface area contributed by atoms with Gasteiger partial charge >= 0.3 is 0 Å². The first kappa shape index (κ1) is 13.8. The maximum Gasteiger partial charge on any atom is 0.0972 e. The van der Waals surface area contributed by atoms with Crippen LogP contribution in [0.4, 0.5) is 0 Å². The van der Waals surface area contributed by atoms with Crippen molar-refractivity contribution in [1.29, 1.82) is 0 Å². The van der Waals surface area contributed by atoms with Gasteiger partial charge in [-0.3, -0.25) is 0 Å². The van der Waals surface area contributed by atoms with Crippen LogP contribution in [0.1, 0.15) is 60.6 Å². The Hall–Kier alpha value is -1.19. The van der Waals surface area contributed by atoms with E-state index in [-0.39, 0.29) is 11.5 Å². The second kappa shape index (κ2) is 4.97. The van der Waals surface area contributed by atoms with Crippen LogP contribution in [0.5, 0.6) is 0 Å². The first-order chi connectivity index (χ1) is 9.43. The third-order valence-electron chi connectivity index (χ3n) is 4.01. The first-order valence-corrected chi connectivity index (χ1v) is 8.13. The van der Waals surface area contributed by atoms with Gasteiger partial charge in [0.05, 0.1) is 10.7 Å². The Labute approximate surface area is 125 Å². The van der Waals surface area contributed by atoms with Crippen LogP contribution in [-0.2, 0) is 18.3 Å². The van der Waals surface area contributed by atoms with E-state index >= 15 is 0 Å². The summed E-state index contributed by atoms with van der Waals surface area (Å²) in [6.45, 7) is 6.63. The summed E-state index contributed by atoms with van der Waals surface area (Å²) < 4.78 is 0. The SMILES string of the molecule is CC(C)(C)c1csc(Cc2ccc3c(c2)CCC3N)n1. The van der Waals surface area contributed by atoms with Crippen LogP contribution in [-0.4, -0.2) is 4.98 Å². The third-order valence-corrected chi connectivity index (χ3v) is 4.86. The van der Waals surface area contributed by atoms with E-state index in [0.717, 1.165) is 19.3 Å². The highest BCUT2D eigenvalue weighted by atomic mass is 32.1. The maximum absolute atomic E-state index is 6.09. The highest BCUT2D eigenvalue weighted by Gasteiger charge is 2.20. The summed E-state index contributed by atoms with van der Waals surface area (Å²) in [7, 11) is 0. The predicted molar refractivity (Wildman–Crippen MR) is 85.3 cm³/mol. The molecule has 2 nitrogen and oxygen atoms in total. The molecule has 1 aromatic heterocycles. The number of nitrogens with two attached hydrogens (primary N) is 1. The van der Waals surface area contributed by atoms with E-state index in [1.165, 1.54) is 27.4 Å². The number of aryl methyl sites for hydroxylation is 1. The molecule has 0 amide bonds. The molecule has 2 aromatic rings. The molecule has 1 heterocycles. The summed E-state index contributed by atoms with van der Waals surface area (Å²) in [5, 5.41) is 3.40. The lowest BCUT2D eigenvalue weighted by Crippen LogP contribution is -2.11. The minimum atomic E-state index is 0.138. The molecule has 0 saturated heterocycles. The molecule has 1 aromatic carbocycles. The van der Waals surface area contributed by atoms with E-state index in [0.29, 0.717) is 0 Å². The van der Waals surface area contributed by atoms with Crippen molar-refractivity contribution < 1.29 is 0 Å². The van der Waals surface area contributed by atoms with Gasteiger partial charge in [-0.1, -0.05) is 39.0 Å². The minimum absolute atomic E-state index is 0.138.